The van der Waals surface area contributed by atoms with E-state index in [2.05, 4.69) is 41.3 Å². The lowest BCUT2D eigenvalue weighted by molar-refractivity contribution is -0.130. The number of amides is 1. The first kappa shape index (κ1) is 17.5. The van der Waals surface area contributed by atoms with Gasteiger partial charge in [-0.15, -0.1) is 0 Å². The van der Waals surface area contributed by atoms with Crippen LogP contribution in [0.3, 0.4) is 0 Å². The highest BCUT2D eigenvalue weighted by Gasteiger charge is 2.15. The Hall–Kier alpha value is -1.88. The van der Waals surface area contributed by atoms with Crippen LogP contribution < -0.4 is 5.32 Å². The van der Waals surface area contributed by atoms with Gasteiger partial charge in [-0.05, 0) is 49.8 Å². The summed E-state index contributed by atoms with van der Waals surface area (Å²) in [6, 6.07) is 4.15. The molecule has 3 N–H and O–H groups in total. The highest BCUT2D eigenvalue weighted by molar-refractivity contribution is 5.80. The van der Waals surface area contributed by atoms with Crippen molar-refractivity contribution in [3.05, 3.63) is 29.1 Å². The van der Waals surface area contributed by atoms with E-state index in [4.69, 9.17) is 0 Å². The third kappa shape index (κ3) is 4.55. The molecule has 2 aromatic rings. The minimum Gasteiger partial charge on any atom is -0.383 e. The maximum absolute atomic E-state index is 11.7. The maximum atomic E-state index is 11.7. The first-order valence-corrected chi connectivity index (χ1v) is 8.29. The van der Waals surface area contributed by atoms with Gasteiger partial charge in [-0.25, -0.2) is 4.98 Å². The van der Waals surface area contributed by atoms with Crippen LogP contribution in [0.15, 0.2) is 12.1 Å². The Bertz CT molecular complexity index is 676. The zero-order chi connectivity index (χ0) is 17.0. The summed E-state index contributed by atoms with van der Waals surface area (Å²) in [7, 11) is 0. The van der Waals surface area contributed by atoms with E-state index in [1.54, 1.807) is 0 Å². The summed E-state index contributed by atoms with van der Waals surface area (Å²) in [4.78, 5) is 19.7. The number of nitrogens with one attached hydrogen (secondary N) is 2. The van der Waals surface area contributed by atoms with Gasteiger partial charge >= 0.3 is 0 Å². The smallest absolute Gasteiger partial charge is 0.248 e. The first-order chi connectivity index (χ1) is 10.9. The number of rotatable bonds is 7. The Labute approximate surface area is 137 Å². The number of imidazole rings is 1. The predicted molar refractivity (Wildman–Crippen MR) is 92.4 cm³/mol. The number of hydrogen-bond acceptors (Lipinski definition) is 3. The van der Waals surface area contributed by atoms with Crippen LogP contribution in [0.25, 0.3) is 11.0 Å². The van der Waals surface area contributed by atoms with Gasteiger partial charge in [0, 0.05) is 13.0 Å². The summed E-state index contributed by atoms with van der Waals surface area (Å²) in [6.45, 7) is 8.69. The highest BCUT2D eigenvalue weighted by Crippen LogP contribution is 2.19. The number of aliphatic hydroxyl groups is 1. The summed E-state index contributed by atoms with van der Waals surface area (Å²) >= 11 is 0. The van der Waals surface area contributed by atoms with Crippen LogP contribution in [0.5, 0.6) is 0 Å². The molecule has 1 amide bonds. The quantitative estimate of drug-likeness (QED) is 0.687. The minimum atomic E-state index is -0.910. The molecule has 0 unspecified atom stereocenters. The molecule has 0 spiro atoms. The molecule has 5 nitrogen and oxygen atoms in total. The number of aliphatic hydroxyl groups excluding tert-OH is 1. The summed E-state index contributed by atoms with van der Waals surface area (Å²) in [5.41, 5.74) is 4.52. The predicted octanol–water partition coefficient (Wildman–Crippen LogP) is 2.64. The second-order valence-corrected chi connectivity index (χ2v) is 6.63. The van der Waals surface area contributed by atoms with Gasteiger partial charge in [-0.1, -0.05) is 19.9 Å². The fourth-order valence-electron chi connectivity index (χ4n) is 2.62. The van der Waals surface area contributed by atoms with Crippen LogP contribution in [-0.2, 0) is 11.2 Å². The molecule has 0 radical (unpaired) electrons. The molecule has 23 heavy (non-hydrogen) atoms. The van der Waals surface area contributed by atoms with Gasteiger partial charge in [-0.2, -0.15) is 0 Å². The molecule has 0 saturated carbocycles. The van der Waals surface area contributed by atoms with Crippen LogP contribution in [0.1, 0.15) is 43.6 Å². The van der Waals surface area contributed by atoms with Crippen molar-refractivity contribution in [2.24, 2.45) is 5.92 Å². The van der Waals surface area contributed by atoms with Gasteiger partial charge in [0.15, 0.2) is 0 Å². The Morgan fingerprint density at radius 2 is 2.09 bits per heavy atom. The van der Waals surface area contributed by atoms with Crippen molar-refractivity contribution in [3.63, 3.8) is 0 Å². The lowest BCUT2D eigenvalue weighted by atomic mass is 10.1. The number of aromatic nitrogens is 2. The van der Waals surface area contributed by atoms with E-state index in [0.717, 1.165) is 29.7 Å². The molecule has 5 heteroatoms. The second-order valence-electron chi connectivity index (χ2n) is 6.63. The second kappa shape index (κ2) is 7.59. The Kier molecular flexibility index (Phi) is 5.77. The van der Waals surface area contributed by atoms with Crippen molar-refractivity contribution in [3.8, 4) is 0 Å². The Morgan fingerprint density at radius 3 is 2.78 bits per heavy atom. The van der Waals surface area contributed by atoms with Gasteiger partial charge in [0.05, 0.1) is 11.0 Å². The van der Waals surface area contributed by atoms with E-state index < -0.39 is 6.10 Å². The van der Waals surface area contributed by atoms with Crippen LogP contribution in [0, 0.1) is 19.8 Å². The van der Waals surface area contributed by atoms with Gasteiger partial charge in [-0.3, -0.25) is 4.79 Å². The molecule has 0 bridgehead atoms. The molecular formula is C18H27N3O2. The van der Waals surface area contributed by atoms with E-state index in [-0.39, 0.29) is 5.91 Å². The first-order valence-electron chi connectivity index (χ1n) is 8.29. The van der Waals surface area contributed by atoms with Gasteiger partial charge < -0.3 is 15.4 Å². The molecule has 1 atom stereocenters. The van der Waals surface area contributed by atoms with Crippen LogP contribution >= 0.6 is 0 Å². The van der Waals surface area contributed by atoms with Gasteiger partial charge in [0.2, 0.25) is 5.91 Å². The number of carbonyl (C=O) groups excluding carboxylic acids is 1. The molecule has 0 aliphatic rings. The number of benzene rings is 1. The third-order valence-corrected chi connectivity index (χ3v) is 4.11. The fourth-order valence-corrected chi connectivity index (χ4v) is 2.62. The third-order valence-electron chi connectivity index (χ3n) is 4.11. The maximum Gasteiger partial charge on any atom is 0.248 e. The van der Waals surface area contributed by atoms with E-state index in [1.807, 2.05) is 13.8 Å². The molecule has 0 aliphatic carbocycles. The Morgan fingerprint density at radius 1 is 1.35 bits per heavy atom. The Balaban J connectivity index is 1.83. The van der Waals surface area contributed by atoms with Crippen molar-refractivity contribution in [1.82, 2.24) is 15.3 Å². The normalized spacial score (nSPS) is 12.8. The average Bonchev–Trinajstić information content (AvgIpc) is 2.90. The van der Waals surface area contributed by atoms with Crippen molar-refractivity contribution in [2.75, 3.05) is 6.54 Å². The fraction of sp³-hybridized carbons (Fsp3) is 0.556. The number of aromatic amines is 1. The minimum absolute atomic E-state index is 0.283. The molecular weight excluding hydrogens is 290 g/mol. The number of carbonyl (C=O) groups is 1. The van der Waals surface area contributed by atoms with E-state index in [9.17, 15) is 9.90 Å². The van der Waals surface area contributed by atoms with Gasteiger partial charge in [0.1, 0.15) is 11.9 Å². The van der Waals surface area contributed by atoms with Crippen molar-refractivity contribution < 1.29 is 9.90 Å². The molecule has 2 rings (SSSR count). The van der Waals surface area contributed by atoms with E-state index in [0.29, 0.717) is 18.9 Å². The standard InChI is InChI=1S/C18H27N3O2/c1-11(2)10-15(22)18(23)19-9-5-6-16-20-14-8-7-12(3)13(4)17(14)21-16/h7-8,11,15,22H,5-6,9-10H2,1-4H3,(H,19,23)(H,20,21)/t15-/m1/s1. The van der Waals surface area contributed by atoms with E-state index in [1.165, 1.54) is 11.1 Å². The molecule has 0 saturated heterocycles. The lowest BCUT2D eigenvalue weighted by Crippen LogP contribution is -2.36. The summed E-state index contributed by atoms with van der Waals surface area (Å²) in [5.74, 6) is 0.957. The SMILES string of the molecule is Cc1ccc2[nH]c(CCCNC(=O)[C@H](O)CC(C)C)nc2c1C. The van der Waals surface area contributed by atoms with Crippen molar-refractivity contribution in [1.29, 1.82) is 0 Å². The molecule has 0 fully saturated rings. The molecule has 1 aromatic heterocycles. The van der Waals surface area contributed by atoms with Crippen molar-refractivity contribution in [2.45, 2.75) is 53.1 Å². The van der Waals surface area contributed by atoms with Crippen molar-refractivity contribution >= 4 is 16.9 Å². The highest BCUT2D eigenvalue weighted by atomic mass is 16.3. The average molecular weight is 317 g/mol. The molecule has 1 heterocycles. The largest absolute Gasteiger partial charge is 0.383 e. The molecule has 126 valence electrons. The lowest BCUT2D eigenvalue weighted by Gasteiger charge is -2.12. The zero-order valence-corrected chi connectivity index (χ0v) is 14.4. The van der Waals surface area contributed by atoms with Crippen LogP contribution in [-0.4, -0.2) is 33.6 Å². The molecule has 1 aromatic carbocycles. The van der Waals surface area contributed by atoms with Crippen LogP contribution in [0.2, 0.25) is 0 Å². The monoisotopic (exact) mass is 317 g/mol. The number of fused-ring (bicyclic) bond motifs is 1. The zero-order valence-electron chi connectivity index (χ0n) is 14.4. The topological polar surface area (TPSA) is 78.0 Å². The number of H-pyrrole nitrogens is 1. The summed E-state index contributed by atoms with van der Waals surface area (Å²) in [6.07, 6.45) is 1.14. The van der Waals surface area contributed by atoms with Gasteiger partial charge in [0.25, 0.3) is 0 Å². The van der Waals surface area contributed by atoms with Crippen LogP contribution in [0.4, 0.5) is 0 Å². The summed E-state index contributed by atoms with van der Waals surface area (Å²) < 4.78 is 0. The number of aryl methyl sites for hydroxylation is 3. The number of hydrogen-bond donors (Lipinski definition) is 3. The summed E-state index contributed by atoms with van der Waals surface area (Å²) in [5, 5.41) is 12.5. The molecule has 0 aliphatic heterocycles. The van der Waals surface area contributed by atoms with E-state index >= 15 is 0 Å². The number of nitrogens with zero attached hydrogens (tertiary/aromatic N) is 1.